The number of carboxylic acid groups (broad SMARTS) is 1. The van der Waals surface area contributed by atoms with Gasteiger partial charge in [0.25, 0.3) is 0 Å². The molecule has 1 saturated carbocycles. The number of benzene rings is 2. The zero-order valence-electron chi connectivity index (χ0n) is 15.5. The Bertz CT molecular complexity index is 961. The number of carboxylic acids is 1. The number of aromatic amines is 1. The molecule has 1 amide bonds. The summed E-state index contributed by atoms with van der Waals surface area (Å²) in [5, 5.41) is 12.1. The molecule has 6 nitrogen and oxygen atoms in total. The van der Waals surface area contributed by atoms with Crippen LogP contribution >= 0.6 is 0 Å². The van der Waals surface area contributed by atoms with Gasteiger partial charge in [0.05, 0.1) is 17.0 Å². The van der Waals surface area contributed by atoms with E-state index in [0.29, 0.717) is 19.4 Å². The zero-order valence-corrected chi connectivity index (χ0v) is 15.5. The van der Waals surface area contributed by atoms with Crippen molar-refractivity contribution in [2.45, 2.75) is 32.2 Å². The molecule has 1 fully saturated rings. The van der Waals surface area contributed by atoms with Crippen molar-refractivity contribution in [1.82, 2.24) is 15.3 Å². The first-order valence-corrected chi connectivity index (χ1v) is 9.65. The fourth-order valence-electron chi connectivity index (χ4n) is 3.86. The number of H-pyrrole nitrogens is 1. The van der Waals surface area contributed by atoms with E-state index in [2.05, 4.69) is 15.3 Å². The second-order valence-electron chi connectivity index (χ2n) is 7.42. The van der Waals surface area contributed by atoms with Crippen LogP contribution in [0.25, 0.3) is 22.4 Å². The summed E-state index contributed by atoms with van der Waals surface area (Å²) in [6, 6.07) is 15.8. The van der Waals surface area contributed by atoms with E-state index in [9.17, 15) is 14.7 Å². The molecule has 3 aromatic rings. The molecule has 4 rings (SSSR count). The number of aliphatic carboxylic acids is 1. The lowest BCUT2D eigenvalue weighted by Gasteiger charge is -2.25. The van der Waals surface area contributed by atoms with Gasteiger partial charge in [0.2, 0.25) is 5.91 Å². The number of imidazole rings is 1. The molecular weight excluding hydrogens is 354 g/mol. The van der Waals surface area contributed by atoms with Gasteiger partial charge in [-0.25, -0.2) is 4.98 Å². The summed E-state index contributed by atoms with van der Waals surface area (Å²) >= 11 is 0. The molecule has 0 radical (unpaired) electrons. The fraction of sp³-hybridized carbons (Fsp3) is 0.318. The van der Waals surface area contributed by atoms with Crippen molar-refractivity contribution < 1.29 is 14.7 Å². The number of para-hydroxylation sites is 2. The standard InChI is InChI=1S/C22H23N3O3/c26-21(16-4-3-5-17(12-16)22(27)28)23-13-14-8-10-15(11-9-14)20-24-18-6-1-2-7-19(18)25-20/h1-2,6-11,16-17H,3-5,12-13H2,(H,23,26)(H,24,25)(H,27,28). The molecule has 144 valence electrons. The highest BCUT2D eigenvalue weighted by Gasteiger charge is 2.30. The van der Waals surface area contributed by atoms with Crippen LogP contribution in [0.5, 0.6) is 0 Å². The number of hydrogen-bond donors (Lipinski definition) is 3. The zero-order chi connectivity index (χ0) is 19.5. The molecule has 0 bridgehead atoms. The first kappa shape index (κ1) is 18.2. The number of nitrogens with zero attached hydrogens (tertiary/aromatic N) is 1. The van der Waals surface area contributed by atoms with E-state index >= 15 is 0 Å². The highest BCUT2D eigenvalue weighted by Crippen LogP contribution is 2.29. The molecule has 3 N–H and O–H groups in total. The minimum absolute atomic E-state index is 0.0488. The lowest BCUT2D eigenvalue weighted by Crippen LogP contribution is -2.35. The van der Waals surface area contributed by atoms with E-state index in [0.717, 1.165) is 40.8 Å². The van der Waals surface area contributed by atoms with Gasteiger partial charge in [0.15, 0.2) is 0 Å². The highest BCUT2D eigenvalue weighted by atomic mass is 16.4. The van der Waals surface area contributed by atoms with E-state index < -0.39 is 11.9 Å². The quantitative estimate of drug-likeness (QED) is 0.631. The van der Waals surface area contributed by atoms with Crippen molar-refractivity contribution in [1.29, 1.82) is 0 Å². The number of aromatic nitrogens is 2. The number of carbonyl (C=O) groups is 2. The Labute approximate surface area is 163 Å². The smallest absolute Gasteiger partial charge is 0.306 e. The first-order valence-electron chi connectivity index (χ1n) is 9.65. The minimum Gasteiger partial charge on any atom is -0.481 e. The first-order chi connectivity index (χ1) is 13.6. The van der Waals surface area contributed by atoms with Crippen molar-refractivity contribution in [3.63, 3.8) is 0 Å². The van der Waals surface area contributed by atoms with Crippen LogP contribution in [0.15, 0.2) is 48.5 Å². The van der Waals surface area contributed by atoms with Crippen LogP contribution in [0.4, 0.5) is 0 Å². The summed E-state index contributed by atoms with van der Waals surface area (Å²) in [5.41, 5.74) is 3.92. The molecule has 28 heavy (non-hydrogen) atoms. The van der Waals surface area contributed by atoms with Crippen molar-refractivity contribution in [3.8, 4) is 11.4 Å². The third-order valence-corrected chi connectivity index (χ3v) is 5.48. The predicted molar refractivity (Wildman–Crippen MR) is 106 cm³/mol. The predicted octanol–water partition coefficient (Wildman–Crippen LogP) is 3.74. The summed E-state index contributed by atoms with van der Waals surface area (Å²) in [7, 11) is 0. The van der Waals surface area contributed by atoms with Crippen molar-refractivity contribution in [3.05, 3.63) is 54.1 Å². The number of rotatable bonds is 5. The Kier molecular flexibility index (Phi) is 5.10. The summed E-state index contributed by atoms with van der Waals surface area (Å²) in [5.74, 6) is -0.623. The molecule has 0 aliphatic heterocycles. The Morgan fingerprint density at radius 3 is 2.57 bits per heavy atom. The maximum atomic E-state index is 12.4. The number of hydrogen-bond acceptors (Lipinski definition) is 3. The minimum atomic E-state index is -0.793. The lowest BCUT2D eigenvalue weighted by molar-refractivity contribution is -0.144. The Balaban J connectivity index is 1.36. The third kappa shape index (κ3) is 3.91. The summed E-state index contributed by atoms with van der Waals surface area (Å²) < 4.78 is 0. The molecule has 0 saturated heterocycles. The van der Waals surface area contributed by atoms with Crippen LogP contribution in [-0.4, -0.2) is 27.0 Å². The van der Waals surface area contributed by atoms with E-state index in [1.165, 1.54) is 0 Å². The van der Waals surface area contributed by atoms with Gasteiger partial charge in [0.1, 0.15) is 5.82 Å². The number of nitrogens with one attached hydrogen (secondary N) is 2. The Morgan fingerprint density at radius 1 is 1.07 bits per heavy atom. The van der Waals surface area contributed by atoms with Gasteiger partial charge in [-0.05, 0) is 37.0 Å². The lowest BCUT2D eigenvalue weighted by atomic mass is 9.81. The van der Waals surface area contributed by atoms with Gasteiger partial charge >= 0.3 is 5.97 Å². The van der Waals surface area contributed by atoms with E-state index in [-0.39, 0.29) is 11.8 Å². The average molecular weight is 377 g/mol. The van der Waals surface area contributed by atoms with Crippen LogP contribution in [-0.2, 0) is 16.1 Å². The van der Waals surface area contributed by atoms with E-state index in [4.69, 9.17) is 0 Å². The van der Waals surface area contributed by atoms with Gasteiger partial charge in [-0.15, -0.1) is 0 Å². The van der Waals surface area contributed by atoms with E-state index in [1.807, 2.05) is 48.5 Å². The largest absolute Gasteiger partial charge is 0.481 e. The molecule has 1 aliphatic rings. The molecule has 2 unspecified atom stereocenters. The molecule has 1 heterocycles. The molecule has 6 heteroatoms. The van der Waals surface area contributed by atoms with Gasteiger partial charge < -0.3 is 15.4 Å². The van der Waals surface area contributed by atoms with Gasteiger partial charge in [-0.3, -0.25) is 9.59 Å². The maximum absolute atomic E-state index is 12.4. The molecular formula is C22H23N3O3. The van der Waals surface area contributed by atoms with E-state index in [1.54, 1.807) is 0 Å². The Morgan fingerprint density at radius 2 is 1.82 bits per heavy atom. The third-order valence-electron chi connectivity index (χ3n) is 5.48. The van der Waals surface area contributed by atoms with Crippen LogP contribution in [0.2, 0.25) is 0 Å². The second kappa shape index (κ2) is 7.84. The van der Waals surface area contributed by atoms with Crippen LogP contribution < -0.4 is 5.32 Å². The second-order valence-corrected chi connectivity index (χ2v) is 7.42. The number of amides is 1. The molecule has 2 atom stereocenters. The number of fused-ring (bicyclic) bond motifs is 1. The molecule has 1 aliphatic carbocycles. The summed E-state index contributed by atoms with van der Waals surface area (Å²) in [6.07, 6.45) is 2.66. The fourth-order valence-corrected chi connectivity index (χ4v) is 3.86. The van der Waals surface area contributed by atoms with Gasteiger partial charge in [0, 0.05) is 18.0 Å². The van der Waals surface area contributed by atoms with Gasteiger partial charge in [-0.1, -0.05) is 42.8 Å². The average Bonchev–Trinajstić information content (AvgIpc) is 3.16. The molecule has 0 spiro atoms. The van der Waals surface area contributed by atoms with Crippen LogP contribution in [0.3, 0.4) is 0 Å². The maximum Gasteiger partial charge on any atom is 0.306 e. The Hall–Kier alpha value is -3.15. The topological polar surface area (TPSA) is 95.1 Å². The van der Waals surface area contributed by atoms with Gasteiger partial charge in [-0.2, -0.15) is 0 Å². The van der Waals surface area contributed by atoms with Crippen molar-refractivity contribution in [2.24, 2.45) is 11.8 Å². The molecule has 1 aromatic heterocycles. The number of carbonyl (C=O) groups excluding carboxylic acids is 1. The summed E-state index contributed by atoms with van der Waals surface area (Å²) in [6.45, 7) is 0.438. The summed E-state index contributed by atoms with van der Waals surface area (Å²) in [4.78, 5) is 31.5. The molecule has 2 aromatic carbocycles. The van der Waals surface area contributed by atoms with Crippen molar-refractivity contribution >= 4 is 22.9 Å². The SMILES string of the molecule is O=C(O)C1CCCC(C(=O)NCc2ccc(-c3nc4ccccc4[nH]3)cc2)C1. The monoisotopic (exact) mass is 377 g/mol. The van der Waals surface area contributed by atoms with Crippen LogP contribution in [0, 0.1) is 11.8 Å². The highest BCUT2D eigenvalue weighted by molar-refractivity contribution is 5.80. The van der Waals surface area contributed by atoms with Crippen molar-refractivity contribution in [2.75, 3.05) is 0 Å². The van der Waals surface area contributed by atoms with Crippen LogP contribution in [0.1, 0.15) is 31.2 Å². The normalized spacial score (nSPS) is 19.4.